The molecule has 2 atom stereocenters. The van der Waals surface area contributed by atoms with Crippen molar-refractivity contribution < 1.29 is 13.2 Å². The third-order valence-corrected chi connectivity index (χ3v) is 7.33. The summed E-state index contributed by atoms with van der Waals surface area (Å²) in [7, 11) is -3.64. The second-order valence-electron chi connectivity index (χ2n) is 7.35. The van der Waals surface area contributed by atoms with Gasteiger partial charge < -0.3 is 5.32 Å². The summed E-state index contributed by atoms with van der Waals surface area (Å²) in [5.74, 6) is -0.317. The lowest BCUT2D eigenvalue weighted by molar-refractivity contribution is -0.126. The molecule has 1 fully saturated rings. The smallest absolute Gasteiger partial charge is 0.243 e. The van der Waals surface area contributed by atoms with Crippen molar-refractivity contribution in [2.75, 3.05) is 13.1 Å². The van der Waals surface area contributed by atoms with Crippen molar-refractivity contribution in [2.24, 2.45) is 5.92 Å². The van der Waals surface area contributed by atoms with Crippen LogP contribution in [0.25, 0.3) is 10.8 Å². The van der Waals surface area contributed by atoms with E-state index >= 15 is 0 Å². The van der Waals surface area contributed by atoms with Gasteiger partial charge in [0.05, 0.1) is 10.8 Å². The molecule has 27 heavy (non-hydrogen) atoms. The largest absolute Gasteiger partial charge is 0.356 e. The van der Waals surface area contributed by atoms with Crippen molar-refractivity contribution in [3.63, 3.8) is 0 Å². The van der Waals surface area contributed by atoms with Crippen LogP contribution in [0, 0.1) is 5.92 Å². The number of carbonyl (C=O) groups excluding carboxylic acids is 1. The predicted octanol–water partition coefficient (Wildman–Crippen LogP) is 3.55. The maximum absolute atomic E-state index is 13.3. The predicted molar refractivity (Wildman–Crippen MR) is 108 cm³/mol. The minimum absolute atomic E-state index is 0.0333. The number of hydrogen-bond acceptors (Lipinski definition) is 3. The van der Waals surface area contributed by atoms with Crippen molar-refractivity contribution in [3.05, 3.63) is 42.5 Å². The molecule has 0 radical (unpaired) electrons. The molecule has 0 aromatic heterocycles. The van der Waals surface area contributed by atoms with Gasteiger partial charge in [0.1, 0.15) is 0 Å². The average molecular weight is 389 g/mol. The van der Waals surface area contributed by atoms with E-state index in [1.54, 1.807) is 12.1 Å². The van der Waals surface area contributed by atoms with Crippen LogP contribution in [0.4, 0.5) is 0 Å². The van der Waals surface area contributed by atoms with Crippen LogP contribution in [-0.2, 0) is 14.8 Å². The molecule has 3 rings (SSSR count). The lowest BCUT2D eigenvalue weighted by atomic mass is 9.94. The van der Waals surface area contributed by atoms with Crippen molar-refractivity contribution in [2.45, 2.75) is 50.5 Å². The summed E-state index contributed by atoms with van der Waals surface area (Å²) in [5, 5.41) is 4.85. The first kappa shape index (κ1) is 19.8. The molecule has 2 unspecified atom stereocenters. The fourth-order valence-corrected chi connectivity index (χ4v) is 5.36. The monoisotopic (exact) mass is 388 g/mol. The molecule has 0 aliphatic carbocycles. The molecule has 146 valence electrons. The van der Waals surface area contributed by atoms with Gasteiger partial charge in [-0.25, -0.2) is 8.42 Å². The van der Waals surface area contributed by atoms with Crippen LogP contribution in [0.1, 0.15) is 39.5 Å². The number of rotatable bonds is 6. The Morgan fingerprint density at radius 2 is 1.89 bits per heavy atom. The molecule has 2 aromatic carbocycles. The van der Waals surface area contributed by atoms with Crippen LogP contribution in [0.15, 0.2) is 47.4 Å². The zero-order valence-electron chi connectivity index (χ0n) is 16.0. The second-order valence-corrected chi connectivity index (χ2v) is 9.24. The molecule has 1 aliphatic rings. The van der Waals surface area contributed by atoms with Gasteiger partial charge >= 0.3 is 0 Å². The van der Waals surface area contributed by atoms with Crippen LogP contribution in [0.2, 0.25) is 0 Å². The fourth-order valence-electron chi connectivity index (χ4n) is 3.62. The maximum Gasteiger partial charge on any atom is 0.243 e. The SMILES string of the molecule is CCCCNC(=O)C1CCC(C)N(S(=O)(=O)c2ccc3ccccc3c2)C1. The minimum Gasteiger partial charge on any atom is -0.356 e. The Labute approximate surface area is 161 Å². The third kappa shape index (κ3) is 4.33. The fraction of sp³-hybridized carbons (Fsp3) is 0.476. The van der Waals surface area contributed by atoms with Crippen molar-refractivity contribution in [3.8, 4) is 0 Å². The maximum atomic E-state index is 13.3. The molecule has 1 saturated heterocycles. The Bertz CT molecular complexity index is 911. The molecule has 1 heterocycles. The number of fused-ring (bicyclic) bond motifs is 1. The van der Waals surface area contributed by atoms with E-state index in [1.165, 1.54) is 4.31 Å². The Kier molecular flexibility index (Phi) is 6.17. The molecular weight excluding hydrogens is 360 g/mol. The summed E-state index contributed by atoms with van der Waals surface area (Å²) < 4.78 is 28.0. The normalized spacial score (nSPS) is 21.3. The molecule has 0 bridgehead atoms. The molecule has 6 heteroatoms. The van der Waals surface area contributed by atoms with Gasteiger partial charge in [-0.2, -0.15) is 4.31 Å². The van der Waals surface area contributed by atoms with E-state index in [2.05, 4.69) is 12.2 Å². The molecular formula is C21H28N2O3S. The molecule has 0 saturated carbocycles. The zero-order chi connectivity index (χ0) is 19.4. The number of amides is 1. The number of nitrogens with one attached hydrogen (secondary N) is 1. The third-order valence-electron chi connectivity index (χ3n) is 5.35. The first-order valence-corrected chi connectivity index (χ1v) is 11.2. The van der Waals surface area contributed by atoms with Gasteiger partial charge in [0.25, 0.3) is 0 Å². The lowest BCUT2D eigenvalue weighted by Gasteiger charge is -2.36. The van der Waals surface area contributed by atoms with Gasteiger partial charge in [-0.1, -0.05) is 43.7 Å². The van der Waals surface area contributed by atoms with E-state index in [0.717, 1.165) is 30.0 Å². The number of unbranched alkanes of at least 4 members (excludes halogenated alkanes) is 1. The highest BCUT2D eigenvalue weighted by atomic mass is 32.2. The summed E-state index contributed by atoms with van der Waals surface area (Å²) in [6.07, 6.45) is 3.37. The van der Waals surface area contributed by atoms with Gasteiger partial charge in [-0.15, -0.1) is 0 Å². The Hall–Kier alpha value is -1.92. The van der Waals surface area contributed by atoms with E-state index in [4.69, 9.17) is 0 Å². The van der Waals surface area contributed by atoms with Crippen LogP contribution in [0.3, 0.4) is 0 Å². The zero-order valence-corrected chi connectivity index (χ0v) is 16.8. The summed E-state index contributed by atoms with van der Waals surface area (Å²) >= 11 is 0. The number of nitrogens with zero attached hydrogens (tertiary/aromatic N) is 1. The summed E-state index contributed by atoms with van der Waals surface area (Å²) in [5.41, 5.74) is 0. The van der Waals surface area contributed by atoms with Gasteiger partial charge in [0, 0.05) is 19.1 Å². The standard InChI is InChI=1S/C21H28N2O3S/c1-3-4-13-22-21(24)19-10-9-16(2)23(15-19)27(25,26)20-12-11-17-7-5-6-8-18(17)14-20/h5-8,11-12,14,16,19H,3-4,9-10,13,15H2,1-2H3,(H,22,24). The summed E-state index contributed by atoms with van der Waals surface area (Å²) in [4.78, 5) is 12.7. The highest BCUT2D eigenvalue weighted by Crippen LogP contribution is 2.29. The van der Waals surface area contributed by atoms with E-state index < -0.39 is 10.0 Å². The van der Waals surface area contributed by atoms with Crippen LogP contribution >= 0.6 is 0 Å². The minimum atomic E-state index is -3.64. The topological polar surface area (TPSA) is 66.5 Å². The first-order valence-electron chi connectivity index (χ1n) is 9.72. The highest BCUT2D eigenvalue weighted by molar-refractivity contribution is 7.89. The Morgan fingerprint density at radius 3 is 2.63 bits per heavy atom. The Balaban J connectivity index is 1.81. The molecule has 1 N–H and O–H groups in total. The number of carbonyl (C=O) groups is 1. The van der Waals surface area contributed by atoms with Crippen molar-refractivity contribution in [1.29, 1.82) is 0 Å². The van der Waals surface area contributed by atoms with Gasteiger partial charge in [0.15, 0.2) is 0 Å². The van der Waals surface area contributed by atoms with Crippen molar-refractivity contribution in [1.82, 2.24) is 9.62 Å². The van der Waals surface area contributed by atoms with Gasteiger partial charge in [-0.3, -0.25) is 4.79 Å². The lowest BCUT2D eigenvalue weighted by Crippen LogP contribution is -2.49. The van der Waals surface area contributed by atoms with Crippen LogP contribution in [-0.4, -0.2) is 37.8 Å². The quantitative estimate of drug-likeness (QED) is 0.770. The van der Waals surface area contributed by atoms with E-state index in [9.17, 15) is 13.2 Å². The Morgan fingerprint density at radius 1 is 1.15 bits per heavy atom. The number of benzene rings is 2. The van der Waals surface area contributed by atoms with Crippen LogP contribution in [0.5, 0.6) is 0 Å². The number of sulfonamides is 1. The first-order chi connectivity index (χ1) is 12.9. The summed E-state index contributed by atoms with van der Waals surface area (Å²) in [6.45, 7) is 4.89. The van der Waals surface area contributed by atoms with E-state index in [-0.39, 0.29) is 24.4 Å². The second kappa shape index (κ2) is 8.40. The van der Waals surface area contributed by atoms with E-state index in [0.29, 0.717) is 17.9 Å². The molecule has 0 spiro atoms. The molecule has 1 aliphatic heterocycles. The van der Waals surface area contributed by atoms with Crippen LogP contribution < -0.4 is 5.32 Å². The molecule has 5 nitrogen and oxygen atoms in total. The summed E-state index contributed by atoms with van der Waals surface area (Å²) in [6, 6.07) is 12.8. The molecule has 1 amide bonds. The average Bonchev–Trinajstić information content (AvgIpc) is 2.68. The van der Waals surface area contributed by atoms with Gasteiger partial charge in [0.2, 0.25) is 15.9 Å². The number of hydrogen-bond donors (Lipinski definition) is 1. The van der Waals surface area contributed by atoms with E-state index in [1.807, 2.05) is 37.3 Å². The highest BCUT2D eigenvalue weighted by Gasteiger charge is 2.37. The van der Waals surface area contributed by atoms with Gasteiger partial charge in [-0.05, 0) is 49.1 Å². The number of piperidine rings is 1. The van der Waals surface area contributed by atoms with Crippen molar-refractivity contribution >= 4 is 26.7 Å². The molecule has 2 aromatic rings.